The van der Waals surface area contributed by atoms with Gasteiger partial charge in [0.2, 0.25) is 20.8 Å². The van der Waals surface area contributed by atoms with Crippen LogP contribution in [0.3, 0.4) is 0 Å². The van der Waals surface area contributed by atoms with E-state index >= 15 is 0 Å². The van der Waals surface area contributed by atoms with E-state index in [0.29, 0.717) is 13.2 Å². The van der Waals surface area contributed by atoms with Crippen LogP contribution in [0.4, 0.5) is 12.6 Å². The molecule has 0 bridgehead atoms. The van der Waals surface area contributed by atoms with Gasteiger partial charge in [-0.15, -0.1) is 7.77 Å². The third kappa shape index (κ3) is 14.6. The van der Waals surface area contributed by atoms with Gasteiger partial charge in [-0.25, -0.2) is 21.6 Å². The Morgan fingerprint density at radius 3 is 1.38 bits per heavy atom. The van der Waals surface area contributed by atoms with Gasteiger partial charge in [-0.05, 0) is 0 Å². The third-order valence-electron chi connectivity index (χ3n) is 0.701. The first-order valence-corrected chi connectivity index (χ1v) is 5.71. The Morgan fingerprint density at radius 1 is 1.00 bits per heavy atom. The second kappa shape index (κ2) is 7.86. The molecule has 90 valence electrons. The average Bonchev–Trinajstić information content (AvgIpc) is 2.31. The van der Waals surface area contributed by atoms with Crippen molar-refractivity contribution in [2.45, 2.75) is 0 Å². The van der Waals surface area contributed by atoms with Gasteiger partial charge in [0.1, 0.15) is 13.2 Å². The van der Waals surface area contributed by atoms with Crippen LogP contribution in [0.25, 0.3) is 4.13 Å². The molecular formula is C3H4F2KNO7S2. The summed E-state index contributed by atoms with van der Waals surface area (Å²) < 4.78 is 68.7. The summed E-state index contributed by atoms with van der Waals surface area (Å²) in [6, 6.07) is 0. The van der Waals surface area contributed by atoms with Crippen LogP contribution in [0, 0.1) is 0 Å². The Bertz CT molecular complexity index is 381. The van der Waals surface area contributed by atoms with Crippen molar-refractivity contribution in [3.63, 3.8) is 0 Å². The van der Waals surface area contributed by atoms with Gasteiger partial charge in [-0.3, -0.25) is 0 Å². The van der Waals surface area contributed by atoms with E-state index in [9.17, 15) is 29.4 Å². The normalized spacial score (nSPS) is 15.0. The molecule has 0 N–H and O–H groups in total. The maximum absolute atomic E-state index is 11.1. The molecule has 0 aromatic carbocycles. The topological polar surface area (TPSA) is 118 Å². The third-order valence-corrected chi connectivity index (χ3v) is 2.13. The summed E-state index contributed by atoms with van der Waals surface area (Å²) in [6.07, 6.45) is -0.546. The van der Waals surface area contributed by atoms with E-state index in [1.165, 1.54) is 0 Å². The monoisotopic (exact) mass is 307 g/mol. The van der Waals surface area contributed by atoms with Crippen LogP contribution in [0.5, 0.6) is 0 Å². The molecule has 16 heavy (non-hydrogen) atoms. The molecule has 1 aliphatic rings. The van der Waals surface area contributed by atoms with Crippen molar-refractivity contribution >= 4 is 27.0 Å². The Labute approximate surface area is 133 Å². The Balaban J connectivity index is 0. The number of rotatable bonds is 2. The van der Waals surface area contributed by atoms with Gasteiger partial charge in [0.05, 0.1) is 0 Å². The number of cyclic esters (lactones) is 2. The minimum atomic E-state index is -5.62. The van der Waals surface area contributed by atoms with Gasteiger partial charge in [-0.2, -0.15) is 0 Å². The Hall–Kier alpha value is 0.626. The predicted octanol–water partition coefficient (Wildman–Crippen LogP) is -3.05. The second-order valence-corrected chi connectivity index (χ2v) is 4.09. The van der Waals surface area contributed by atoms with Crippen LogP contribution in [0.1, 0.15) is 0 Å². The molecule has 1 heterocycles. The van der Waals surface area contributed by atoms with Gasteiger partial charge >= 0.3 is 57.5 Å². The summed E-state index contributed by atoms with van der Waals surface area (Å²) in [6.45, 7) is 0.831. The van der Waals surface area contributed by atoms with Gasteiger partial charge < -0.3 is 13.6 Å². The molecule has 0 aromatic rings. The molecule has 1 rings (SSSR count). The quantitative estimate of drug-likeness (QED) is 0.302. The SMILES string of the molecule is O=C1OCCO1.O=S(=O)(F)[N-]S(=O)(=O)F.[K+]. The van der Waals surface area contributed by atoms with Crippen LogP contribution >= 0.6 is 0 Å². The fourth-order valence-corrected chi connectivity index (χ4v) is 1.25. The van der Waals surface area contributed by atoms with E-state index in [2.05, 4.69) is 9.47 Å². The molecule has 8 nitrogen and oxygen atoms in total. The first-order chi connectivity index (χ1) is 6.60. The van der Waals surface area contributed by atoms with Crippen molar-refractivity contribution in [2.75, 3.05) is 13.2 Å². The molecule has 0 aromatic heterocycles. The minimum absolute atomic E-state index is 0. The molecule has 0 unspecified atom stereocenters. The molecule has 1 aliphatic heterocycles. The molecule has 1 fully saturated rings. The van der Waals surface area contributed by atoms with E-state index in [-0.39, 0.29) is 51.4 Å². The van der Waals surface area contributed by atoms with Crippen LogP contribution < -0.4 is 51.4 Å². The zero-order chi connectivity index (χ0) is 12.1. The Morgan fingerprint density at radius 2 is 1.31 bits per heavy atom. The van der Waals surface area contributed by atoms with Crippen LogP contribution in [-0.2, 0) is 30.3 Å². The standard InChI is InChI=1S/C3H4O3.F2NO4S2.K/c4-3-5-1-2-6-3;1-8(4,5)3-9(2,6)7;/h1-2H2;;/q;-1;+1. The summed E-state index contributed by atoms with van der Waals surface area (Å²) >= 11 is 0. The van der Waals surface area contributed by atoms with Crippen LogP contribution in [0.2, 0.25) is 0 Å². The summed E-state index contributed by atoms with van der Waals surface area (Å²) in [5, 5.41) is 0. The van der Waals surface area contributed by atoms with Crippen molar-refractivity contribution in [1.29, 1.82) is 0 Å². The molecule has 0 atom stereocenters. The number of carbonyl (C=O) groups excluding carboxylic acids is 1. The van der Waals surface area contributed by atoms with E-state index in [0.717, 1.165) is 4.13 Å². The molecule has 0 amide bonds. The smallest absolute Gasteiger partial charge is 0.431 e. The summed E-state index contributed by atoms with van der Waals surface area (Å²) in [5.74, 6) is 0. The largest absolute Gasteiger partial charge is 1.00 e. The van der Waals surface area contributed by atoms with Gasteiger partial charge in [0.25, 0.3) is 0 Å². The molecular weight excluding hydrogens is 303 g/mol. The van der Waals surface area contributed by atoms with Gasteiger partial charge in [0, 0.05) is 0 Å². The van der Waals surface area contributed by atoms with Crippen molar-refractivity contribution in [3.05, 3.63) is 4.13 Å². The Kier molecular flexibility index (Phi) is 9.32. The fourth-order valence-electron chi connectivity index (χ4n) is 0.398. The first kappa shape index (κ1) is 19.0. The number of hydrogen-bond acceptors (Lipinski definition) is 7. The molecule has 13 heteroatoms. The number of ether oxygens (including phenoxy) is 2. The van der Waals surface area contributed by atoms with E-state index < -0.39 is 27.0 Å². The first-order valence-electron chi connectivity index (χ1n) is 3.03. The minimum Gasteiger partial charge on any atom is -0.431 e. The number of hydrogen-bond donors (Lipinski definition) is 0. The second-order valence-electron chi connectivity index (χ2n) is 1.85. The maximum atomic E-state index is 11.1. The molecule has 1 saturated heterocycles. The maximum Gasteiger partial charge on any atom is 1.00 e. The average molecular weight is 307 g/mol. The summed E-state index contributed by atoms with van der Waals surface area (Å²) in [4.78, 5) is 9.80. The van der Waals surface area contributed by atoms with E-state index in [1.807, 2.05) is 0 Å². The van der Waals surface area contributed by atoms with Gasteiger partial charge in [-0.1, -0.05) is 0 Å². The number of halogens is 2. The molecule has 0 aliphatic carbocycles. The predicted molar refractivity (Wildman–Crippen MR) is 40.7 cm³/mol. The summed E-state index contributed by atoms with van der Waals surface area (Å²) in [5.41, 5.74) is 0. The zero-order valence-corrected chi connectivity index (χ0v) is 12.5. The van der Waals surface area contributed by atoms with Crippen molar-refractivity contribution in [2.24, 2.45) is 0 Å². The number of nitrogens with zero attached hydrogens (tertiary/aromatic N) is 1. The van der Waals surface area contributed by atoms with Crippen molar-refractivity contribution < 1.29 is 90.3 Å². The zero-order valence-electron chi connectivity index (χ0n) is 7.79. The molecule has 0 spiro atoms. The van der Waals surface area contributed by atoms with Crippen LogP contribution in [-0.4, -0.2) is 36.2 Å². The van der Waals surface area contributed by atoms with Crippen molar-refractivity contribution in [3.8, 4) is 0 Å². The fraction of sp³-hybridized carbons (Fsp3) is 0.667. The molecule has 0 saturated carbocycles. The molecule has 0 radical (unpaired) electrons. The number of carbonyl (C=O) groups is 1. The van der Waals surface area contributed by atoms with Gasteiger partial charge in [0.15, 0.2) is 0 Å². The van der Waals surface area contributed by atoms with Crippen LogP contribution in [0.15, 0.2) is 0 Å². The van der Waals surface area contributed by atoms with E-state index in [4.69, 9.17) is 0 Å². The summed E-state index contributed by atoms with van der Waals surface area (Å²) in [7, 11) is -11.2. The van der Waals surface area contributed by atoms with Crippen molar-refractivity contribution in [1.82, 2.24) is 0 Å². The van der Waals surface area contributed by atoms with E-state index in [1.54, 1.807) is 0 Å².